The van der Waals surface area contributed by atoms with Gasteiger partial charge in [0.15, 0.2) is 0 Å². The number of fused-ring (bicyclic) bond motifs is 1. The van der Waals surface area contributed by atoms with E-state index in [2.05, 4.69) is 38.9 Å². The highest BCUT2D eigenvalue weighted by Crippen LogP contribution is 2.49. The molecule has 4 heterocycles. The van der Waals surface area contributed by atoms with Gasteiger partial charge in [-0.15, -0.1) is 11.3 Å². The van der Waals surface area contributed by atoms with Gasteiger partial charge in [0.05, 0.1) is 67.7 Å². The SMILES string of the molecule is CC1=C(C(=O)NCc2c(C)cc(C)[nH]c2=O)c2ccccc2C1C(C)C1CCN(C(=O)COCCOCCOCCOCC(=O)NC[C@H](C(=O)N2C[C@H](O)C[C@H]2C(=O)NCc2ccc(-c3scnc3C)cc2)C(C)(C)C)CC1. The maximum Gasteiger partial charge on any atom is 0.253 e. The second-order valence-electron chi connectivity index (χ2n) is 22.0. The number of pyridine rings is 1. The summed E-state index contributed by atoms with van der Waals surface area (Å²) in [6, 6.07) is 17.0. The third kappa shape index (κ3) is 15.4. The molecule has 5 atom stereocenters. The number of nitrogens with zero attached hydrogens (tertiary/aromatic N) is 3. The third-order valence-electron chi connectivity index (χ3n) is 15.4. The number of carbonyl (C=O) groups excluding carboxylic acids is 5. The van der Waals surface area contributed by atoms with Crippen molar-refractivity contribution in [2.24, 2.45) is 23.2 Å². The van der Waals surface area contributed by atoms with Crippen LogP contribution in [-0.4, -0.2) is 146 Å². The summed E-state index contributed by atoms with van der Waals surface area (Å²) in [6.45, 7) is 18.7. The van der Waals surface area contributed by atoms with E-state index in [1.807, 2.05) is 107 Å². The normalized spacial score (nSPS) is 18.4. The van der Waals surface area contributed by atoms with Crippen molar-refractivity contribution >= 4 is 46.4 Å². The van der Waals surface area contributed by atoms with Gasteiger partial charge in [-0.05, 0) is 91.7 Å². The van der Waals surface area contributed by atoms with E-state index in [4.69, 9.17) is 18.9 Å². The fourth-order valence-electron chi connectivity index (χ4n) is 11.1. The van der Waals surface area contributed by atoms with Gasteiger partial charge in [-0.1, -0.05) is 81.8 Å². The first-order chi connectivity index (χ1) is 37.3. The fourth-order valence-corrected chi connectivity index (χ4v) is 11.9. The minimum Gasteiger partial charge on any atom is -0.391 e. The summed E-state index contributed by atoms with van der Waals surface area (Å²) >= 11 is 1.57. The molecule has 78 heavy (non-hydrogen) atoms. The third-order valence-corrected chi connectivity index (χ3v) is 16.4. The largest absolute Gasteiger partial charge is 0.391 e. The molecule has 2 saturated heterocycles. The Hall–Kier alpha value is -6.09. The van der Waals surface area contributed by atoms with Crippen LogP contribution in [-0.2, 0) is 56.0 Å². The molecule has 3 aliphatic rings. The topological polar surface area (TPSA) is 231 Å². The Balaban J connectivity index is 0.728. The Bertz CT molecular complexity index is 2810. The molecule has 0 radical (unpaired) electrons. The quantitative estimate of drug-likeness (QED) is 0.0511. The van der Waals surface area contributed by atoms with Crippen LogP contribution in [0.5, 0.6) is 0 Å². The summed E-state index contributed by atoms with van der Waals surface area (Å²) in [4.78, 5) is 91.3. The second kappa shape index (κ2) is 27.7. The molecule has 0 spiro atoms. The molecule has 0 bridgehead atoms. The number of amides is 5. The number of hydrogen-bond acceptors (Lipinski definition) is 13. The lowest BCUT2D eigenvalue weighted by Crippen LogP contribution is -2.52. The Morgan fingerprint density at radius 1 is 0.846 bits per heavy atom. The van der Waals surface area contributed by atoms with E-state index < -0.39 is 29.4 Å². The number of aromatic nitrogens is 2. The molecule has 7 rings (SSSR count). The summed E-state index contributed by atoms with van der Waals surface area (Å²) < 4.78 is 22.4. The monoisotopic (exact) mass is 1090 g/mol. The van der Waals surface area contributed by atoms with Crippen LogP contribution in [0.15, 0.2) is 70.5 Å². The van der Waals surface area contributed by atoms with Crippen LogP contribution >= 0.6 is 11.3 Å². The van der Waals surface area contributed by atoms with Crippen LogP contribution in [0, 0.1) is 43.9 Å². The van der Waals surface area contributed by atoms with Crippen LogP contribution in [0.1, 0.15) is 99.0 Å². The highest BCUT2D eigenvalue weighted by Gasteiger charge is 2.44. The van der Waals surface area contributed by atoms with Gasteiger partial charge in [0.25, 0.3) is 11.5 Å². The Morgan fingerprint density at radius 3 is 2.14 bits per heavy atom. The van der Waals surface area contributed by atoms with Crippen molar-refractivity contribution in [1.29, 1.82) is 0 Å². The number of ether oxygens (including phenoxy) is 4. The number of thiazole rings is 1. The Labute approximate surface area is 462 Å². The smallest absolute Gasteiger partial charge is 0.253 e. The summed E-state index contributed by atoms with van der Waals surface area (Å²) in [5.41, 5.74) is 9.91. The Morgan fingerprint density at radius 2 is 1.50 bits per heavy atom. The van der Waals surface area contributed by atoms with Crippen LogP contribution < -0.4 is 21.5 Å². The average molecular weight is 1090 g/mol. The zero-order valence-electron chi connectivity index (χ0n) is 46.5. The van der Waals surface area contributed by atoms with Crippen LogP contribution in [0.4, 0.5) is 0 Å². The first kappa shape index (κ1) is 59.6. The van der Waals surface area contributed by atoms with E-state index in [1.165, 1.54) is 4.90 Å². The summed E-state index contributed by atoms with van der Waals surface area (Å²) in [5.74, 6) is -1.31. The summed E-state index contributed by atoms with van der Waals surface area (Å²) in [5, 5.41) is 19.4. The van der Waals surface area contributed by atoms with E-state index >= 15 is 0 Å². The molecule has 18 nitrogen and oxygen atoms in total. The number of carbonyl (C=O) groups is 5. The molecule has 2 aromatic heterocycles. The van der Waals surface area contributed by atoms with Crippen molar-refractivity contribution in [3.8, 4) is 10.4 Å². The Kier molecular flexibility index (Phi) is 21.1. The number of β-amino-alcohol motifs (C(OH)–C–C–N with tert-alkyl or cyclic N) is 1. The van der Waals surface area contributed by atoms with Crippen molar-refractivity contribution < 1.29 is 48.0 Å². The van der Waals surface area contributed by atoms with Crippen molar-refractivity contribution in [3.63, 3.8) is 0 Å². The highest BCUT2D eigenvalue weighted by atomic mass is 32.1. The van der Waals surface area contributed by atoms with E-state index in [-0.39, 0.29) is 107 Å². The number of benzene rings is 2. The number of likely N-dealkylation sites (tertiary alicyclic amines) is 2. The first-order valence-corrected chi connectivity index (χ1v) is 28.1. The number of aliphatic hydroxyl groups is 1. The number of aliphatic hydroxyl groups excluding tert-OH is 1. The lowest BCUT2D eigenvalue weighted by Gasteiger charge is -2.37. The predicted molar refractivity (Wildman–Crippen MR) is 298 cm³/mol. The van der Waals surface area contributed by atoms with Crippen LogP contribution in [0.2, 0.25) is 0 Å². The molecule has 1 aliphatic carbocycles. The molecular formula is C59H79N7O11S. The number of piperidine rings is 1. The van der Waals surface area contributed by atoms with Gasteiger partial charge in [-0.3, -0.25) is 28.8 Å². The number of hydrogen-bond donors (Lipinski definition) is 5. The highest BCUT2D eigenvalue weighted by molar-refractivity contribution is 7.13. The van der Waals surface area contributed by atoms with E-state index in [0.29, 0.717) is 50.0 Å². The number of rotatable bonds is 25. The maximum absolute atomic E-state index is 14.0. The zero-order chi connectivity index (χ0) is 56.1. The van der Waals surface area contributed by atoms with Gasteiger partial charge >= 0.3 is 0 Å². The average Bonchev–Trinajstić information content (AvgIpc) is 4.25. The van der Waals surface area contributed by atoms with Gasteiger partial charge < -0.3 is 54.8 Å². The van der Waals surface area contributed by atoms with Crippen LogP contribution in [0.25, 0.3) is 16.0 Å². The first-order valence-electron chi connectivity index (χ1n) is 27.2. The summed E-state index contributed by atoms with van der Waals surface area (Å²) in [6.07, 6.45) is 0.973. The lowest BCUT2D eigenvalue weighted by atomic mass is 9.74. The predicted octanol–water partition coefficient (Wildman–Crippen LogP) is 5.61. The summed E-state index contributed by atoms with van der Waals surface area (Å²) in [7, 11) is 0. The fraction of sp³-hybridized carbons (Fsp3) is 0.542. The molecule has 2 aromatic carbocycles. The van der Waals surface area contributed by atoms with Gasteiger partial charge in [-0.25, -0.2) is 4.98 Å². The van der Waals surface area contributed by atoms with Gasteiger partial charge in [0.2, 0.25) is 23.6 Å². The molecule has 0 saturated carbocycles. The zero-order valence-corrected chi connectivity index (χ0v) is 47.4. The number of allylic oxidation sites excluding steroid dienone is 1. The standard InChI is InChI=1S/C59H79N7O11S/c1-36-27-37(2)64-55(70)47(36)30-62-57(72)53-39(4)52(45-11-9-10-12-46(45)53)38(3)42-17-19-65(20-18-42)51(69)34-77-26-24-75-22-21-74-23-25-76-33-50(68)60-31-48(59(6,7)8)58(73)66-32-44(67)28-49(66)56(71)61-29-41-13-15-43(16-14-41)54-40(5)63-35-78-54/h9-16,27,35,38,42,44,48-49,52,67H,17-26,28-34H2,1-8H3,(H,60,68)(H,61,71)(H,62,72)(H,64,70)/t38?,44-,48-,49+,52?/m1/s1. The molecule has 19 heteroatoms. The van der Waals surface area contributed by atoms with E-state index in [9.17, 15) is 33.9 Å². The molecule has 5 amide bonds. The van der Waals surface area contributed by atoms with Gasteiger partial charge in [0.1, 0.15) is 19.3 Å². The molecule has 422 valence electrons. The molecule has 2 unspecified atom stereocenters. The minimum atomic E-state index is -0.847. The minimum absolute atomic E-state index is 0.0250. The van der Waals surface area contributed by atoms with Crippen molar-refractivity contribution in [2.75, 3.05) is 79.0 Å². The molecular weight excluding hydrogens is 1010 g/mol. The van der Waals surface area contributed by atoms with Crippen molar-refractivity contribution in [3.05, 3.63) is 115 Å². The number of aromatic amines is 1. The van der Waals surface area contributed by atoms with E-state index in [0.717, 1.165) is 62.5 Å². The van der Waals surface area contributed by atoms with Crippen molar-refractivity contribution in [1.82, 2.24) is 35.7 Å². The number of aryl methyl sites for hydroxylation is 3. The molecule has 2 fully saturated rings. The molecule has 4 aromatic rings. The molecule has 5 N–H and O–H groups in total. The number of H-pyrrole nitrogens is 1. The van der Waals surface area contributed by atoms with E-state index in [1.54, 1.807) is 11.3 Å². The maximum atomic E-state index is 14.0. The van der Waals surface area contributed by atoms with Crippen LogP contribution in [0.3, 0.4) is 0 Å². The van der Waals surface area contributed by atoms with Gasteiger partial charge in [-0.2, -0.15) is 0 Å². The van der Waals surface area contributed by atoms with Crippen molar-refractivity contribution in [2.45, 2.75) is 106 Å². The second-order valence-corrected chi connectivity index (χ2v) is 22.8. The number of nitrogens with one attached hydrogen (secondary N) is 4. The lowest BCUT2D eigenvalue weighted by molar-refractivity contribution is -0.144. The molecule has 2 aliphatic heterocycles. The van der Waals surface area contributed by atoms with Gasteiger partial charge in [0, 0.05) is 68.4 Å².